The van der Waals surface area contributed by atoms with Crippen molar-refractivity contribution < 1.29 is 9.84 Å². The first-order valence-corrected chi connectivity index (χ1v) is 6.45. The van der Waals surface area contributed by atoms with Gasteiger partial charge in [0.1, 0.15) is 5.82 Å². The van der Waals surface area contributed by atoms with Gasteiger partial charge in [0.05, 0.1) is 18.3 Å². The number of anilines is 2. The summed E-state index contributed by atoms with van der Waals surface area (Å²) in [5.74, 6) is 1.55. The summed E-state index contributed by atoms with van der Waals surface area (Å²) in [6, 6.07) is 1.89. The molecular weight excluding hydrogens is 244 g/mol. The SMILES string of the molecule is CN(C)c1nccc(N2CC(CO)OC(C)(C)C2)n1. The summed E-state index contributed by atoms with van der Waals surface area (Å²) >= 11 is 0. The zero-order chi connectivity index (χ0) is 14.0. The zero-order valence-corrected chi connectivity index (χ0v) is 12.0. The van der Waals surface area contributed by atoms with Crippen LogP contribution in [0, 0.1) is 0 Å². The van der Waals surface area contributed by atoms with Gasteiger partial charge in [0.15, 0.2) is 0 Å². The maximum atomic E-state index is 9.34. The molecule has 2 rings (SSSR count). The number of aromatic nitrogens is 2. The number of morpholine rings is 1. The Morgan fingerprint density at radius 3 is 2.89 bits per heavy atom. The fourth-order valence-electron chi connectivity index (χ4n) is 2.30. The minimum Gasteiger partial charge on any atom is -0.394 e. The van der Waals surface area contributed by atoms with Gasteiger partial charge in [-0.2, -0.15) is 4.98 Å². The minimum absolute atomic E-state index is 0.0194. The van der Waals surface area contributed by atoms with Crippen molar-refractivity contribution in [3.8, 4) is 0 Å². The van der Waals surface area contributed by atoms with Crippen LogP contribution in [0.5, 0.6) is 0 Å². The van der Waals surface area contributed by atoms with E-state index in [0.717, 1.165) is 12.4 Å². The highest BCUT2D eigenvalue weighted by Crippen LogP contribution is 2.25. The molecule has 1 aromatic heterocycles. The number of rotatable bonds is 3. The van der Waals surface area contributed by atoms with E-state index in [4.69, 9.17) is 4.74 Å². The van der Waals surface area contributed by atoms with E-state index in [9.17, 15) is 5.11 Å². The average Bonchev–Trinajstić information content (AvgIpc) is 2.37. The van der Waals surface area contributed by atoms with Gasteiger partial charge in [-0.3, -0.25) is 0 Å². The van der Waals surface area contributed by atoms with Crippen molar-refractivity contribution >= 4 is 11.8 Å². The molecule has 1 atom stereocenters. The Morgan fingerprint density at radius 1 is 1.53 bits per heavy atom. The van der Waals surface area contributed by atoms with Gasteiger partial charge in [0, 0.05) is 33.4 Å². The molecule has 0 aliphatic carbocycles. The van der Waals surface area contributed by atoms with Crippen LogP contribution in [-0.4, -0.2) is 60.6 Å². The topological polar surface area (TPSA) is 61.7 Å². The van der Waals surface area contributed by atoms with Crippen LogP contribution in [0.15, 0.2) is 12.3 Å². The molecule has 1 aromatic rings. The molecule has 0 amide bonds. The maximum absolute atomic E-state index is 9.34. The van der Waals surface area contributed by atoms with E-state index in [1.165, 1.54) is 0 Å². The van der Waals surface area contributed by atoms with Crippen LogP contribution in [0.1, 0.15) is 13.8 Å². The summed E-state index contributed by atoms with van der Waals surface area (Å²) < 4.78 is 5.81. The summed E-state index contributed by atoms with van der Waals surface area (Å²) in [6.07, 6.45) is 1.58. The number of nitrogens with zero attached hydrogens (tertiary/aromatic N) is 4. The van der Waals surface area contributed by atoms with Gasteiger partial charge < -0.3 is 19.6 Å². The van der Waals surface area contributed by atoms with Crippen molar-refractivity contribution in [2.24, 2.45) is 0 Å². The van der Waals surface area contributed by atoms with E-state index in [-0.39, 0.29) is 18.3 Å². The lowest BCUT2D eigenvalue weighted by Gasteiger charge is -2.42. The van der Waals surface area contributed by atoms with Crippen molar-refractivity contribution in [1.29, 1.82) is 0 Å². The van der Waals surface area contributed by atoms with Crippen LogP contribution in [0.4, 0.5) is 11.8 Å². The quantitative estimate of drug-likeness (QED) is 0.860. The average molecular weight is 266 g/mol. The van der Waals surface area contributed by atoms with Gasteiger partial charge >= 0.3 is 0 Å². The normalized spacial score (nSPS) is 22.4. The lowest BCUT2D eigenvalue weighted by molar-refractivity contribution is -0.101. The van der Waals surface area contributed by atoms with Gasteiger partial charge in [0.2, 0.25) is 5.95 Å². The van der Waals surface area contributed by atoms with E-state index in [2.05, 4.69) is 14.9 Å². The second-order valence-corrected chi connectivity index (χ2v) is 5.67. The lowest BCUT2D eigenvalue weighted by Crippen LogP contribution is -2.54. The third-order valence-electron chi connectivity index (χ3n) is 3.04. The summed E-state index contributed by atoms with van der Waals surface area (Å²) in [5.41, 5.74) is -0.297. The van der Waals surface area contributed by atoms with Gasteiger partial charge in [0.25, 0.3) is 0 Å². The molecule has 1 unspecified atom stereocenters. The summed E-state index contributed by atoms with van der Waals surface area (Å²) in [7, 11) is 3.83. The number of ether oxygens (including phenoxy) is 1. The van der Waals surface area contributed by atoms with E-state index >= 15 is 0 Å². The van der Waals surface area contributed by atoms with Crippen LogP contribution >= 0.6 is 0 Å². The van der Waals surface area contributed by atoms with E-state index in [0.29, 0.717) is 12.5 Å². The van der Waals surface area contributed by atoms with Crippen molar-refractivity contribution in [1.82, 2.24) is 9.97 Å². The van der Waals surface area contributed by atoms with Crippen molar-refractivity contribution in [2.75, 3.05) is 43.6 Å². The molecule has 1 N–H and O–H groups in total. The Hall–Kier alpha value is -1.40. The third-order valence-corrected chi connectivity index (χ3v) is 3.04. The molecule has 19 heavy (non-hydrogen) atoms. The first-order valence-electron chi connectivity index (χ1n) is 6.45. The van der Waals surface area contributed by atoms with Crippen molar-refractivity contribution in [3.05, 3.63) is 12.3 Å². The smallest absolute Gasteiger partial charge is 0.226 e. The molecule has 1 aliphatic heterocycles. The molecular formula is C13H22N4O2. The van der Waals surface area contributed by atoms with Crippen LogP contribution in [0.3, 0.4) is 0 Å². The number of aliphatic hydroxyl groups excluding tert-OH is 1. The molecule has 6 heteroatoms. The van der Waals surface area contributed by atoms with Crippen LogP contribution in [0.2, 0.25) is 0 Å². The molecule has 0 bridgehead atoms. The number of aliphatic hydroxyl groups is 1. The predicted octanol–water partition coefficient (Wildman–Crippen LogP) is 0.519. The fourth-order valence-corrected chi connectivity index (χ4v) is 2.30. The number of hydrogen-bond acceptors (Lipinski definition) is 6. The van der Waals surface area contributed by atoms with Crippen LogP contribution in [0.25, 0.3) is 0 Å². The molecule has 1 fully saturated rings. The predicted molar refractivity (Wildman–Crippen MR) is 74.6 cm³/mol. The van der Waals surface area contributed by atoms with E-state index < -0.39 is 0 Å². The monoisotopic (exact) mass is 266 g/mol. The van der Waals surface area contributed by atoms with Gasteiger partial charge in [-0.05, 0) is 19.9 Å². The lowest BCUT2D eigenvalue weighted by atomic mass is 10.1. The fraction of sp³-hybridized carbons (Fsp3) is 0.692. The Labute approximate surface area is 114 Å². The Balaban J connectivity index is 2.22. The van der Waals surface area contributed by atoms with Gasteiger partial charge in [-0.15, -0.1) is 0 Å². The summed E-state index contributed by atoms with van der Waals surface area (Å²) in [4.78, 5) is 12.8. The van der Waals surface area contributed by atoms with Crippen molar-refractivity contribution in [3.63, 3.8) is 0 Å². The van der Waals surface area contributed by atoms with Gasteiger partial charge in [-0.1, -0.05) is 0 Å². The minimum atomic E-state index is -0.297. The highest BCUT2D eigenvalue weighted by molar-refractivity contribution is 5.44. The molecule has 0 radical (unpaired) electrons. The van der Waals surface area contributed by atoms with E-state index in [1.54, 1.807) is 6.20 Å². The Bertz CT molecular complexity index is 436. The summed E-state index contributed by atoms with van der Waals surface area (Å²) in [5, 5.41) is 9.34. The molecule has 1 saturated heterocycles. The molecule has 0 spiro atoms. The second kappa shape index (κ2) is 5.30. The third kappa shape index (κ3) is 3.33. The largest absolute Gasteiger partial charge is 0.394 e. The van der Waals surface area contributed by atoms with Crippen LogP contribution < -0.4 is 9.80 Å². The van der Waals surface area contributed by atoms with Gasteiger partial charge in [-0.25, -0.2) is 4.98 Å². The van der Waals surface area contributed by atoms with E-state index in [1.807, 2.05) is 38.9 Å². The Morgan fingerprint density at radius 2 is 2.26 bits per heavy atom. The van der Waals surface area contributed by atoms with Crippen LogP contribution in [-0.2, 0) is 4.74 Å². The molecule has 1 aliphatic rings. The molecule has 106 valence electrons. The molecule has 2 heterocycles. The highest BCUT2D eigenvalue weighted by Gasteiger charge is 2.33. The molecule has 6 nitrogen and oxygen atoms in total. The highest BCUT2D eigenvalue weighted by atomic mass is 16.5. The zero-order valence-electron chi connectivity index (χ0n) is 12.0. The summed E-state index contributed by atoms with van der Waals surface area (Å²) in [6.45, 7) is 5.45. The van der Waals surface area contributed by atoms with Crippen molar-refractivity contribution in [2.45, 2.75) is 25.6 Å². The first-order chi connectivity index (χ1) is 8.91. The Kier molecular flexibility index (Phi) is 3.91. The number of hydrogen-bond donors (Lipinski definition) is 1. The standard InChI is InChI=1S/C13H22N4O2/c1-13(2)9-17(7-10(8-18)19-13)11-5-6-14-12(15-11)16(3)4/h5-6,10,18H,7-9H2,1-4H3. The first kappa shape index (κ1) is 14.0. The second-order valence-electron chi connectivity index (χ2n) is 5.67. The molecule has 0 saturated carbocycles. The molecule has 0 aromatic carbocycles. The maximum Gasteiger partial charge on any atom is 0.226 e.